The molecule has 5 rings (SSSR count). The van der Waals surface area contributed by atoms with Gasteiger partial charge >= 0.3 is 0 Å². The smallest absolute Gasteiger partial charge is 0.162 e. The van der Waals surface area contributed by atoms with Crippen molar-refractivity contribution in [2.75, 3.05) is 7.05 Å². The van der Waals surface area contributed by atoms with Gasteiger partial charge in [-0.15, -0.1) is 0 Å². The standard InChI is InChI=1S/C30H29NO2/c1-3-24-15-10-16-26-27-18-29(33-21-23-13-8-5-9-14-23)28(17-25(27)19-31(2)30(24)26)32-20-22-11-6-4-7-12-22/h4-15,17-19H,3,16,20-21H2,1-2H3. The van der Waals surface area contributed by atoms with Crippen LogP contribution in [0, 0.1) is 0 Å². The number of fused-ring (bicyclic) bond motifs is 2. The lowest BCUT2D eigenvalue weighted by atomic mass is 9.91. The third-order valence-corrected chi connectivity index (χ3v) is 6.21. The minimum atomic E-state index is 0.502. The highest BCUT2D eigenvalue weighted by Gasteiger charge is 2.21. The molecule has 0 N–H and O–H groups in total. The van der Waals surface area contributed by atoms with Crippen molar-refractivity contribution in [1.29, 1.82) is 0 Å². The summed E-state index contributed by atoms with van der Waals surface area (Å²) in [6.45, 7) is 3.22. The van der Waals surface area contributed by atoms with Gasteiger partial charge in [0.25, 0.3) is 0 Å². The van der Waals surface area contributed by atoms with Crippen LogP contribution in [0.3, 0.4) is 0 Å². The van der Waals surface area contributed by atoms with Gasteiger partial charge in [0.15, 0.2) is 11.5 Å². The molecule has 1 heterocycles. The van der Waals surface area contributed by atoms with Crippen LogP contribution in [0.2, 0.25) is 0 Å². The summed E-state index contributed by atoms with van der Waals surface area (Å²) in [5.41, 5.74) is 6.32. The second kappa shape index (κ2) is 9.41. The first kappa shape index (κ1) is 21.1. The van der Waals surface area contributed by atoms with Crippen LogP contribution in [0.1, 0.15) is 30.9 Å². The second-order valence-corrected chi connectivity index (χ2v) is 8.49. The summed E-state index contributed by atoms with van der Waals surface area (Å²) in [6, 6.07) is 24.8. The summed E-state index contributed by atoms with van der Waals surface area (Å²) >= 11 is 0. The first-order valence-electron chi connectivity index (χ1n) is 11.6. The molecule has 3 aromatic carbocycles. The van der Waals surface area contributed by atoms with Gasteiger partial charge in [-0.2, -0.15) is 0 Å². The molecule has 0 unspecified atom stereocenters. The van der Waals surface area contributed by atoms with E-state index in [1.165, 1.54) is 22.1 Å². The van der Waals surface area contributed by atoms with E-state index < -0.39 is 0 Å². The van der Waals surface area contributed by atoms with Crippen LogP contribution in [-0.4, -0.2) is 11.9 Å². The molecule has 0 bridgehead atoms. The van der Waals surface area contributed by atoms with Gasteiger partial charge in [0, 0.05) is 24.2 Å². The number of hydrogen-bond donors (Lipinski definition) is 0. The van der Waals surface area contributed by atoms with Crippen LogP contribution in [-0.2, 0) is 13.2 Å². The van der Waals surface area contributed by atoms with E-state index in [0.717, 1.165) is 40.7 Å². The van der Waals surface area contributed by atoms with Gasteiger partial charge in [-0.05, 0) is 52.5 Å². The topological polar surface area (TPSA) is 21.7 Å². The average Bonchev–Trinajstić information content (AvgIpc) is 2.87. The molecule has 2 aliphatic rings. The summed E-state index contributed by atoms with van der Waals surface area (Å²) in [6.07, 6.45) is 8.67. The highest BCUT2D eigenvalue weighted by Crippen LogP contribution is 2.32. The van der Waals surface area contributed by atoms with E-state index in [9.17, 15) is 0 Å². The van der Waals surface area contributed by atoms with Crippen LogP contribution < -0.4 is 19.9 Å². The van der Waals surface area contributed by atoms with Gasteiger partial charge in [0.05, 0.1) is 0 Å². The Morgan fingerprint density at radius 1 is 0.818 bits per heavy atom. The normalized spacial score (nSPS) is 14.5. The van der Waals surface area contributed by atoms with Gasteiger partial charge in [-0.1, -0.05) is 79.7 Å². The first-order valence-corrected chi connectivity index (χ1v) is 11.6. The number of allylic oxidation sites excluding steroid dienone is 4. The minimum Gasteiger partial charge on any atom is -0.485 e. The molecule has 3 aromatic rings. The molecule has 3 heteroatoms. The number of benzene rings is 3. The predicted octanol–water partition coefficient (Wildman–Crippen LogP) is 5.30. The van der Waals surface area contributed by atoms with E-state index in [4.69, 9.17) is 9.47 Å². The molecule has 0 amide bonds. The Kier molecular flexibility index (Phi) is 6.03. The molecule has 0 atom stereocenters. The quantitative estimate of drug-likeness (QED) is 0.503. The zero-order valence-electron chi connectivity index (χ0n) is 19.3. The van der Waals surface area contributed by atoms with Gasteiger partial charge in [0.1, 0.15) is 13.2 Å². The van der Waals surface area contributed by atoms with Gasteiger partial charge < -0.3 is 14.4 Å². The molecule has 0 saturated carbocycles. The van der Waals surface area contributed by atoms with Crippen LogP contribution in [0.5, 0.6) is 11.5 Å². The van der Waals surface area contributed by atoms with E-state index >= 15 is 0 Å². The summed E-state index contributed by atoms with van der Waals surface area (Å²) < 4.78 is 12.6. The maximum atomic E-state index is 6.34. The zero-order chi connectivity index (χ0) is 22.6. The molecule has 0 radical (unpaired) electrons. The van der Waals surface area contributed by atoms with Crippen LogP contribution in [0.15, 0.2) is 96.2 Å². The van der Waals surface area contributed by atoms with Crippen molar-refractivity contribution < 1.29 is 9.47 Å². The van der Waals surface area contributed by atoms with Gasteiger partial charge in [-0.3, -0.25) is 0 Å². The lowest BCUT2D eigenvalue weighted by molar-refractivity contribution is 0.255. The molecule has 1 aliphatic heterocycles. The maximum Gasteiger partial charge on any atom is 0.162 e. The largest absolute Gasteiger partial charge is 0.485 e. The highest BCUT2D eigenvalue weighted by molar-refractivity contribution is 5.73. The molecular weight excluding hydrogens is 406 g/mol. The second-order valence-electron chi connectivity index (χ2n) is 8.49. The van der Waals surface area contributed by atoms with Crippen molar-refractivity contribution in [3.05, 3.63) is 118 Å². The molecule has 0 spiro atoms. The Balaban J connectivity index is 1.57. The molecule has 0 saturated heterocycles. The number of ether oxygens (including phenoxy) is 2. The summed E-state index contributed by atoms with van der Waals surface area (Å²) in [5.74, 6) is 1.55. The van der Waals surface area contributed by atoms with E-state index in [-0.39, 0.29) is 0 Å². The third kappa shape index (κ3) is 4.45. The Morgan fingerprint density at radius 3 is 2.03 bits per heavy atom. The Bertz CT molecular complexity index is 1320. The van der Waals surface area contributed by atoms with Crippen LogP contribution >= 0.6 is 0 Å². The summed E-state index contributed by atoms with van der Waals surface area (Å²) in [7, 11) is 2.14. The van der Waals surface area contributed by atoms with Crippen molar-refractivity contribution in [2.24, 2.45) is 0 Å². The Labute approximate surface area is 195 Å². The lowest BCUT2D eigenvalue weighted by Gasteiger charge is -2.29. The van der Waals surface area contributed by atoms with E-state index in [0.29, 0.717) is 13.2 Å². The Morgan fingerprint density at radius 2 is 1.42 bits per heavy atom. The SMILES string of the molecule is CCC1=C2C(=c3cc(OCc4ccccc4)c(OCc4ccccc4)cc3=CN2C)CC=C1. The molecule has 0 aromatic heterocycles. The molecule has 0 fully saturated rings. The lowest BCUT2D eigenvalue weighted by Crippen LogP contribution is -2.37. The van der Waals surface area contributed by atoms with Crippen molar-refractivity contribution in [3.63, 3.8) is 0 Å². The fourth-order valence-electron chi connectivity index (χ4n) is 4.56. The summed E-state index contributed by atoms with van der Waals surface area (Å²) in [4.78, 5) is 2.26. The Hall–Kier alpha value is -3.72. The van der Waals surface area contributed by atoms with Gasteiger partial charge in [-0.25, -0.2) is 0 Å². The number of hydrogen-bond acceptors (Lipinski definition) is 3. The molecule has 3 nitrogen and oxygen atoms in total. The fraction of sp³-hybridized carbons (Fsp3) is 0.200. The van der Waals surface area contributed by atoms with Crippen LogP contribution in [0.4, 0.5) is 0 Å². The molecule has 166 valence electrons. The maximum absolute atomic E-state index is 6.34. The van der Waals surface area contributed by atoms with Crippen molar-refractivity contribution in [3.8, 4) is 11.5 Å². The number of rotatable bonds is 7. The van der Waals surface area contributed by atoms with Gasteiger partial charge in [0.2, 0.25) is 0 Å². The third-order valence-electron chi connectivity index (χ3n) is 6.21. The van der Waals surface area contributed by atoms with E-state index in [1.54, 1.807) is 0 Å². The molecular formula is C30H29NO2. The first-order chi connectivity index (χ1) is 16.2. The highest BCUT2D eigenvalue weighted by atomic mass is 16.5. The van der Waals surface area contributed by atoms with Crippen molar-refractivity contribution >= 4 is 11.8 Å². The summed E-state index contributed by atoms with van der Waals surface area (Å²) in [5, 5.41) is 2.39. The average molecular weight is 436 g/mol. The molecule has 33 heavy (non-hydrogen) atoms. The van der Waals surface area contributed by atoms with Crippen molar-refractivity contribution in [1.82, 2.24) is 4.90 Å². The number of nitrogens with zero attached hydrogens (tertiary/aromatic N) is 1. The van der Waals surface area contributed by atoms with E-state index in [1.807, 2.05) is 36.4 Å². The monoisotopic (exact) mass is 435 g/mol. The van der Waals surface area contributed by atoms with Crippen LogP contribution in [0.25, 0.3) is 11.8 Å². The fourth-order valence-corrected chi connectivity index (χ4v) is 4.56. The van der Waals surface area contributed by atoms with Crippen molar-refractivity contribution in [2.45, 2.75) is 33.0 Å². The van der Waals surface area contributed by atoms with E-state index in [2.05, 4.69) is 73.6 Å². The minimum absolute atomic E-state index is 0.502. The molecule has 1 aliphatic carbocycles. The zero-order valence-corrected chi connectivity index (χ0v) is 19.3. The predicted molar refractivity (Wildman–Crippen MR) is 134 cm³/mol.